The Hall–Kier alpha value is -0.980. The van der Waals surface area contributed by atoms with E-state index in [9.17, 15) is 8.42 Å². The fraction of sp³-hybridized carbons (Fsp3) is 0.667. The van der Waals surface area contributed by atoms with E-state index in [-0.39, 0.29) is 11.8 Å². The van der Waals surface area contributed by atoms with Gasteiger partial charge in [-0.25, -0.2) is 8.42 Å². The predicted molar refractivity (Wildman–Crippen MR) is 84.6 cm³/mol. The zero-order chi connectivity index (χ0) is 15.1. The molecule has 1 aromatic rings. The number of nitrogens with one attached hydrogen (secondary N) is 1. The van der Waals surface area contributed by atoms with Gasteiger partial charge in [-0.05, 0) is 44.5 Å². The molecule has 0 amide bonds. The third-order valence-electron chi connectivity index (χ3n) is 3.86. The number of sulfonamides is 1. The van der Waals surface area contributed by atoms with Crippen LogP contribution in [0.1, 0.15) is 31.9 Å². The van der Waals surface area contributed by atoms with E-state index in [1.807, 2.05) is 25.1 Å². The third kappa shape index (κ3) is 4.76. The largest absolute Gasteiger partial charge is 0.317 e. The van der Waals surface area contributed by atoms with Crippen LogP contribution in [0.4, 0.5) is 0 Å². The minimum atomic E-state index is -3.22. The second-order valence-corrected chi connectivity index (χ2v) is 7.52. The maximum absolute atomic E-state index is 12.7. The van der Waals surface area contributed by atoms with Crippen molar-refractivity contribution in [2.75, 3.05) is 25.4 Å². The lowest BCUT2D eigenvalue weighted by Crippen LogP contribution is -2.47. The molecular formula is C15H25N3O2S. The minimum absolute atomic E-state index is 0.147. The van der Waals surface area contributed by atoms with Crippen LogP contribution in [0.3, 0.4) is 0 Å². The molecule has 1 aromatic heterocycles. The molecule has 0 saturated carbocycles. The number of aromatic nitrogens is 1. The van der Waals surface area contributed by atoms with Crippen molar-refractivity contribution in [2.24, 2.45) is 0 Å². The van der Waals surface area contributed by atoms with Gasteiger partial charge in [-0.1, -0.05) is 13.0 Å². The van der Waals surface area contributed by atoms with E-state index in [2.05, 4.69) is 10.3 Å². The van der Waals surface area contributed by atoms with Crippen molar-refractivity contribution in [3.8, 4) is 0 Å². The SMILES string of the molecule is CCCN(C1CCNCC1)S(=O)(=O)CCc1ccccn1. The monoisotopic (exact) mass is 311 g/mol. The molecule has 5 nitrogen and oxygen atoms in total. The lowest BCUT2D eigenvalue weighted by Gasteiger charge is -2.33. The van der Waals surface area contributed by atoms with Crippen molar-refractivity contribution in [1.82, 2.24) is 14.6 Å². The van der Waals surface area contributed by atoms with Crippen LogP contribution in [0.5, 0.6) is 0 Å². The van der Waals surface area contributed by atoms with Gasteiger partial charge in [-0.3, -0.25) is 4.98 Å². The molecule has 21 heavy (non-hydrogen) atoms. The quantitative estimate of drug-likeness (QED) is 0.827. The fourth-order valence-electron chi connectivity index (χ4n) is 2.76. The molecule has 0 unspecified atom stereocenters. The molecule has 2 rings (SSSR count). The lowest BCUT2D eigenvalue weighted by molar-refractivity contribution is 0.262. The predicted octanol–water partition coefficient (Wildman–Crippen LogP) is 1.42. The summed E-state index contributed by atoms with van der Waals surface area (Å²) in [6, 6.07) is 5.77. The second-order valence-electron chi connectivity index (χ2n) is 5.48. The Balaban J connectivity index is 2.02. The highest BCUT2D eigenvalue weighted by molar-refractivity contribution is 7.89. The van der Waals surface area contributed by atoms with Gasteiger partial charge in [0.05, 0.1) is 5.75 Å². The Morgan fingerprint density at radius 3 is 2.71 bits per heavy atom. The molecule has 0 bridgehead atoms. The maximum Gasteiger partial charge on any atom is 0.214 e. The molecule has 0 radical (unpaired) electrons. The van der Waals surface area contributed by atoms with Crippen LogP contribution in [-0.4, -0.2) is 49.1 Å². The Labute approximate surface area is 127 Å². The number of nitrogens with zero attached hydrogens (tertiary/aromatic N) is 2. The zero-order valence-corrected chi connectivity index (χ0v) is 13.5. The molecule has 1 fully saturated rings. The van der Waals surface area contributed by atoms with Gasteiger partial charge in [0.1, 0.15) is 0 Å². The van der Waals surface area contributed by atoms with E-state index >= 15 is 0 Å². The van der Waals surface area contributed by atoms with Crippen LogP contribution in [0.15, 0.2) is 24.4 Å². The van der Waals surface area contributed by atoms with Crippen LogP contribution in [0.25, 0.3) is 0 Å². The molecule has 2 heterocycles. The summed E-state index contributed by atoms with van der Waals surface area (Å²) in [5, 5.41) is 3.29. The van der Waals surface area contributed by atoms with Crippen LogP contribution in [0.2, 0.25) is 0 Å². The maximum atomic E-state index is 12.7. The van der Waals surface area contributed by atoms with Gasteiger partial charge in [0.25, 0.3) is 0 Å². The first-order valence-corrected chi connectivity index (χ1v) is 9.34. The van der Waals surface area contributed by atoms with Crippen LogP contribution in [0, 0.1) is 0 Å². The second kappa shape index (κ2) is 7.87. The number of pyridine rings is 1. The van der Waals surface area contributed by atoms with E-state index in [1.165, 1.54) is 0 Å². The lowest BCUT2D eigenvalue weighted by atomic mass is 10.1. The summed E-state index contributed by atoms with van der Waals surface area (Å²) in [6.07, 6.45) is 4.85. The van der Waals surface area contributed by atoms with E-state index in [0.717, 1.165) is 38.0 Å². The van der Waals surface area contributed by atoms with Gasteiger partial charge in [0, 0.05) is 30.9 Å². The summed E-state index contributed by atoms with van der Waals surface area (Å²) >= 11 is 0. The molecule has 1 saturated heterocycles. The van der Waals surface area contributed by atoms with E-state index in [4.69, 9.17) is 0 Å². The van der Waals surface area contributed by atoms with Crippen LogP contribution < -0.4 is 5.32 Å². The van der Waals surface area contributed by atoms with E-state index < -0.39 is 10.0 Å². The molecule has 0 aliphatic carbocycles. The van der Waals surface area contributed by atoms with Gasteiger partial charge in [0.15, 0.2) is 0 Å². The molecule has 0 atom stereocenters. The fourth-order valence-corrected chi connectivity index (χ4v) is 4.59. The number of aryl methyl sites for hydroxylation is 1. The van der Waals surface area contributed by atoms with Gasteiger partial charge in [-0.2, -0.15) is 4.31 Å². The summed E-state index contributed by atoms with van der Waals surface area (Å²) in [5.74, 6) is 0.147. The zero-order valence-electron chi connectivity index (χ0n) is 12.7. The summed E-state index contributed by atoms with van der Waals surface area (Å²) in [7, 11) is -3.22. The van der Waals surface area contributed by atoms with Crippen LogP contribution >= 0.6 is 0 Å². The summed E-state index contributed by atoms with van der Waals surface area (Å²) in [4.78, 5) is 4.21. The van der Waals surface area contributed by atoms with Crippen molar-refractivity contribution in [3.63, 3.8) is 0 Å². The number of hydrogen-bond acceptors (Lipinski definition) is 4. The first-order chi connectivity index (χ1) is 10.1. The molecular weight excluding hydrogens is 286 g/mol. The highest BCUT2D eigenvalue weighted by atomic mass is 32.2. The Morgan fingerprint density at radius 1 is 1.33 bits per heavy atom. The van der Waals surface area contributed by atoms with E-state index in [0.29, 0.717) is 13.0 Å². The number of piperidine rings is 1. The molecule has 0 spiro atoms. The van der Waals surface area contributed by atoms with Crippen molar-refractivity contribution in [2.45, 2.75) is 38.6 Å². The Morgan fingerprint density at radius 2 is 2.10 bits per heavy atom. The van der Waals surface area contributed by atoms with E-state index in [1.54, 1.807) is 10.5 Å². The van der Waals surface area contributed by atoms with Crippen LogP contribution in [-0.2, 0) is 16.4 Å². The van der Waals surface area contributed by atoms with Crippen molar-refractivity contribution >= 4 is 10.0 Å². The van der Waals surface area contributed by atoms with Gasteiger partial charge < -0.3 is 5.32 Å². The molecule has 118 valence electrons. The molecule has 1 aliphatic rings. The topological polar surface area (TPSA) is 62.3 Å². The Kier molecular flexibility index (Phi) is 6.14. The van der Waals surface area contributed by atoms with Gasteiger partial charge in [0.2, 0.25) is 10.0 Å². The van der Waals surface area contributed by atoms with Gasteiger partial charge >= 0.3 is 0 Å². The molecule has 6 heteroatoms. The van der Waals surface area contributed by atoms with Crippen molar-refractivity contribution in [1.29, 1.82) is 0 Å². The third-order valence-corrected chi connectivity index (χ3v) is 5.77. The average Bonchev–Trinajstić information content (AvgIpc) is 2.52. The summed E-state index contributed by atoms with van der Waals surface area (Å²) in [5.41, 5.74) is 0.836. The number of rotatable bonds is 7. The standard InChI is InChI=1S/C15H25N3O2S/c1-2-12-18(15-6-10-16-11-7-15)21(19,20)13-8-14-5-3-4-9-17-14/h3-5,9,15-16H,2,6-8,10-13H2,1H3. The highest BCUT2D eigenvalue weighted by Gasteiger charge is 2.29. The molecule has 1 N–H and O–H groups in total. The first kappa shape index (κ1) is 16.4. The number of hydrogen-bond donors (Lipinski definition) is 1. The summed E-state index contributed by atoms with van der Waals surface area (Å²) in [6.45, 7) is 4.46. The first-order valence-electron chi connectivity index (χ1n) is 7.73. The highest BCUT2D eigenvalue weighted by Crippen LogP contribution is 2.17. The minimum Gasteiger partial charge on any atom is -0.317 e. The summed E-state index contributed by atoms with van der Waals surface area (Å²) < 4.78 is 27.1. The molecule has 1 aliphatic heterocycles. The van der Waals surface area contributed by atoms with Crippen molar-refractivity contribution in [3.05, 3.63) is 30.1 Å². The van der Waals surface area contributed by atoms with Crippen molar-refractivity contribution < 1.29 is 8.42 Å². The Bertz CT molecular complexity index is 513. The molecule has 0 aromatic carbocycles. The van der Waals surface area contributed by atoms with Gasteiger partial charge in [-0.15, -0.1) is 0 Å². The normalized spacial score (nSPS) is 17.2. The smallest absolute Gasteiger partial charge is 0.214 e. The average molecular weight is 311 g/mol.